The predicted octanol–water partition coefficient (Wildman–Crippen LogP) is 2.97. The van der Waals surface area contributed by atoms with Crippen molar-refractivity contribution in [2.24, 2.45) is 11.8 Å². The van der Waals surface area contributed by atoms with Crippen molar-refractivity contribution in [3.8, 4) is 5.75 Å². The fourth-order valence-corrected chi connectivity index (χ4v) is 9.23. The van der Waals surface area contributed by atoms with E-state index in [1.807, 2.05) is 16.9 Å². The highest BCUT2D eigenvalue weighted by atomic mass is 35.5. The van der Waals surface area contributed by atoms with Crippen LogP contribution in [-0.2, 0) is 42.0 Å². The molecule has 2 bridgehead atoms. The van der Waals surface area contributed by atoms with E-state index in [1.165, 1.54) is 37.0 Å². The van der Waals surface area contributed by atoms with Gasteiger partial charge in [0.05, 0.1) is 30.7 Å². The van der Waals surface area contributed by atoms with Gasteiger partial charge in [-0.15, -0.1) is 0 Å². The largest absolute Gasteiger partial charge is 0.490 e. The van der Waals surface area contributed by atoms with Crippen molar-refractivity contribution in [1.82, 2.24) is 18.8 Å². The Bertz CT molecular complexity index is 1940. The first-order chi connectivity index (χ1) is 25.4. The van der Waals surface area contributed by atoms with Crippen LogP contribution < -0.4 is 14.4 Å². The van der Waals surface area contributed by atoms with E-state index >= 15 is 0 Å². The Morgan fingerprint density at radius 1 is 1.09 bits per heavy atom. The van der Waals surface area contributed by atoms with E-state index in [0.29, 0.717) is 49.0 Å². The van der Waals surface area contributed by atoms with E-state index < -0.39 is 45.1 Å². The van der Waals surface area contributed by atoms with Crippen molar-refractivity contribution in [1.29, 1.82) is 0 Å². The Kier molecular flexibility index (Phi) is 11.2. The molecular formula is C39H52ClN5O8S. The van der Waals surface area contributed by atoms with Crippen molar-refractivity contribution < 1.29 is 37.8 Å². The lowest BCUT2D eigenvalue weighted by Crippen LogP contribution is -2.53. The summed E-state index contributed by atoms with van der Waals surface area (Å²) in [5, 5.41) is 25.2. The summed E-state index contributed by atoms with van der Waals surface area (Å²) in [5.41, 5.74) is -1.59. The molecule has 0 aromatic heterocycles. The van der Waals surface area contributed by atoms with Crippen molar-refractivity contribution in [3.63, 3.8) is 0 Å². The highest BCUT2D eigenvalue weighted by Gasteiger charge is 2.50. The zero-order valence-electron chi connectivity index (χ0n) is 31.7. The number of aliphatic hydroxyl groups is 2. The topological polar surface area (TPSA) is 160 Å². The Labute approximate surface area is 323 Å². The number of hydrogen-bond donors (Lipinski definition) is 3. The highest BCUT2D eigenvalue weighted by molar-refractivity contribution is 7.87. The van der Waals surface area contributed by atoms with Crippen LogP contribution >= 0.6 is 11.6 Å². The summed E-state index contributed by atoms with van der Waals surface area (Å²) in [4.78, 5) is 45.8. The number of anilines is 1. The molecule has 1 fully saturated rings. The van der Waals surface area contributed by atoms with Crippen LogP contribution in [0.25, 0.3) is 0 Å². The minimum Gasteiger partial charge on any atom is -0.490 e. The van der Waals surface area contributed by atoms with Crippen molar-refractivity contribution in [2.75, 3.05) is 66.4 Å². The molecule has 2 heterocycles. The first-order valence-corrected chi connectivity index (χ1v) is 20.3. The molecule has 1 spiro atoms. The van der Waals surface area contributed by atoms with Gasteiger partial charge in [-0.3, -0.25) is 14.4 Å². The summed E-state index contributed by atoms with van der Waals surface area (Å²) in [6.45, 7) is 1.48. The Hall–Kier alpha value is -3.69. The lowest BCUT2D eigenvalue weighted by atomic mass is 9.63. The van der Waals surface area contributed by atoms with Gasteiger partial charge in [-0.05, 0) is 91.3 Å². The van der Waals surface area contributed by atoms with Gasteiger partial charge in [-0.2, -0.15) is 12.7 Å². The molecule has 3 amide bonds. The van der Waals surface area contributed by atoms with Crippen LogP contribution in [0.5, 0.6) is 5.75 Å². The number of amides is 3. The molecule has 0 saturated heterocycles. The maximum atomic E-state index is 13.9. The summed E-state index contributed by atoms with van der Waals surface area (Å²) in [5.74, 6) is -1.86. The third-order valence-electron chi connectivity index (χ3n) is 11.9. The lowest BCUT2D eigenvalue weighted by molar-refractivity contribution is -0.148. The molecule has 2 aliphatic carbocycles. The summed E-state index contributed by atoms with van der Waals surface area (Å²) in [7, 11) is 3.03. The van der Waals surface area contributed by atoms with Crippen LogP contribution in [-0.4, -0.2) is 118 Å². The number of carbonyl (C=O) groups is 3. The van der Waals surface area contributed by atoms with Gasteiger partial charge in [0, 0.05) is 65.3 Å². The van der Waals surface area contributed by atoms with E-state index in [0.717, 1.165) is 41.1 Å². The van der Waals surface area contributed by atoms with Gasteiger partial charge >= 0.3 is 10.2 Å². The number of halogens is 1. The first-order valence-electron chi connectivity index (χ1n) is 18.5. The molecule has 294 valence electrons. The third-order valence-corrected chi connectivity index (χ3v) is 13.6. The van der Waals surface area contributed by atoms with Crippen LogP contribution in [0.2, 0.25) is 5.02 Å². The molecule has 2 aromatic rings. The van der Waals surface area contributed by atoms with Crippen LogP contribution in [0.4, 0.5) is 5.69 Å². The fraction of sp³-hybridized carbons (Fsp3) is 0.564. The maximum absolute atomic E-state index is 13.9. The lowest BCUT2D eigenvalue weighted by Gasteiger charge is -2.49. The number of nitrogens with one attached hydrogen (secondary N) is 1. The second-order valence-corrected chi connectivity index (χ2v) is 18.3. The van der Waals surface area contributed by atoms with E-state index in [9.17, 15) is 33.0 Å². The molecule has 4 aliphatic rings. The maximum Gasteiger partial charge on any atom is 0.303 e. The van der Waals surface area contributed by atoms with Crippen molar-refractivity contribution in [2.45, 2.75) is 68.0 Å². The first kappa shape index (κ1) is 40.0. The van der Waals surface area contributed by atoms with Gasteiger partial charge in [0.15, 0.2) is 5.60 Å². The third kappa shape index (κ3) is 7.73. The van der Waals surface area contributed by atoms with E-state index in [2.05, 4.69) is 11.0 Å². The standard InChI is InChI=1S/C39H52ClN5O8S/c1-42(2)34(46)21-38(49)17-6-7-18-44(5)35(47)22-39(50,36(48)41-54(51,52)43(3)4)28-11-15-33-32(20-28)45(23-27-10-13-31(27)38)24-37(25-53-33)16-8-9-26-19-29(40)12-14-30(26)37/h6,11-12,14-15,17,19-20,27,31,49-50H,7-10,13,16,18,21-25H2,1-5H3,(H,41,48)/t27-,31+,37-,38+,39+/m0/s1. The summed E-state index contributed by atoms with van der Waals surface area (Å²) < 4.78 is 35.1. The van der Waals surface area contributed by atoms with Crippen LogP contribution in [0.1, 0.15) is 61.6 Å². The average molecular weight is 786 g/mol. The molecule has 2 aliphatic heterocycles. The van der Waals surface area contributed by atoms with Gasteiger partial charge in [0.25, 0.3) is 5.91 Å². The van der Waals surface area contributed by atoms with Gasteiger partial charge in [0.2, 0.25) is 11.8 Å². The molecule has 6 rings (SSSR count). The van der Waals surface area contributed by atoms with E-state index in [1.54, 1.807) is 38.4 Å². The molecule has 0 radical (unpaired) electrons. The summed E-state index contributed by atoms with van der Waals surface area (Å²) in [6, 6.07) is 10.7. The normalized spacial score (nSPS) is 28.7. The Morgan fingerprint density at radius 3 is 2.54 bits per heavy atom. The molecular weight excluding hydrogens is 734 g/mol. The Morgan fingerprint density at radius 2 is 1.85 bits per heavy atom. The monoisotopic (exact) mass is 785 g/mol. The van der Waals surface area contributed by atoms with Gasteiger partial charge in [-0.1, -0.05) is 35.9 Å². The molecule has 0 unspecified atom stereocenters. The Balaban J connectivity index is 1.50. The second kappa shape index (κ2) is 15.1. The summed E-state index contributed by atoms with van der Waals surface area (Å²) in [6.07, 6.45) is 7.08. The van der Waals surface area contributed by atoms with E-state index in [-0.39, 0.29) is 36.3 Å². The molecule has 2 aromatic carbocycles. The molecule has 5 atom stereocenters. The van der Waals surface area contributed by atoms with Gasteiger partial charge in [0.1, 0.15) is 5.75 Å². The highest BCUT2D eigenvalue weighted by Crippen LogP contribution is 2.49. The summed E-state index contributed by atoms with van der Waals surface area (Å²) >= 11 is 6.45. The number of carbonyl (C=O) groups excluding carboxylic acids is 3. The number of hydrogen-bond acceptors (Lipinski definition) is 9. The fourth-order valence-electron chi connectivity index (χ4n) is 8.45. The zero-order chi connectivity index (χ0) is 39.2. The number of rotatable bonds is 5. The van der Waals surface area contributed by atoms with Crippen molar-refractivity contribution >= 4 is 45.2 Å². The second-order valence-electron chi connectivity index (χ2n) is 15.9. The van der Waals surface area contributed by atoms with Gasteiger partial charge in [-0.25, -0.2) is 4.72 Å². The quantitative estimate of drug-likeness (QED) is 0.388. The molecule has 1 saturated carbocycles. The van der Waals surface area contributed by atoms with Crippen LogP contribution in [0, 0.1) is 11.8 Å². The number of benzene rings is 2. The molecule has 54 heavy (non-hydrogen) atoms. The minimum atomic E-state index is -4.33. The predicted molar refractivity (Wildman–Crippen MR) is 205 cm³/mol. The molecule has 3 N–H and O–H groups in total. The average Bonchev–Trinajstić information content (AvgIpc) is 3.24. The van der Waals surface area contributed by atoms with Crippen LogP contribution in [0.15, 0.2) is 48.6 Å². The smallest absolute Gasteiger partial charge is 0.303 e. The van der Waals surface area contributed by atoms with Crippen molar-refractivity contribution in [3.05, 3.63) is 70.3 Å². The molecule has 13 nitrogen and oxygen atoms in total. The van der Waals surface area contributed by atoms with E-state index in [4.69, 9.17) is 16.3 Å². The van der Waals surface area contributed by atoms with Crippen LogP contribution in [0.3, 0.4) is 0 Å². The minimum absolute atomic E-state index is 0.0278. The number of fused-ring (bicyclic) bond motifs is 4. The number of aryl methyl sites for hydroxylation is 1. The number of nitrogens with zero attached hydrogens (tertiary/aromatic N) is 4. The zero-order valence-corrected chi connectivity index (χ0v) is 33.3. The SMILES string of the molecule is CN(C)C(=O)C[C@]1(O)C=CCCN(C)C(=O)C[C@](O)(C(=O)NS(=O)(=O)N(C)C)c2ccc3c(c2)N(C[C@@H]2CC[C@H]21)C[C@@]1(CCCc2cc(Cl)ccc21)CO3. The van der Waals surface area contributed by atoms with Gasteiger partial charge < -0.3 is 29.6 Å². The number of ether oxygens (including phenoxy) is 1. The molecule has 15 heteroatoms.